The van der Waals surface area contributed by atoms with E-state index in [9.17, 15) is 46.6 Å². The van der Waals surface area contributed by atoms with Crippen LogP contribution >= 0.6 is 58.0 Å². The van der Waals surface area contributed by atoms with E-state index in [4.69, 9.17) is 63.7 Å². The standard InChI is InChI=1S/C16H15ClF2N4O.C9H7Cl2N3.C9H8ClN3.C9H9N3O2.C7H8ClF2NO.C7H12O4.C6H9N3/c17-12-3-4-23-16(20-12)11(15(21-23)10-1-2-10)8-22-7-9(5-13(18)19)6-14(22)24;10-7-4-8(11)14-9(12-7)3-6(13-14)5-1-2-5;10-8-3-4-13-9(11-8)5-7(12-13)6-1-2-6;13-8-4-9(14)12-7(10-8)3-6(11-12)5-1-2-5;8-4-11-3-5(1-6(9)10)2-7(11)12;1-3-10-6(8)5-7(9)11-4-2;7-6-3-5(8-9-6)4-1-2-4/h3-5,9-10H,1-2,6-8H2;3-5H,1-2H2;3-6H,1-2H2;3-5,14H,1-2H2,(H,10,13);1,5H,2-4H2;3-5H2,1-2H3;3-4H,1-2H2,(H3,7,8,9). The number of carbonyl (C=O) groups excluding carboxylic acids is 4. The molecule has 5 saturated carbocycles. The lowest BCUT2D eigenvalue weighted by Gasteiger charge is -2.16. The number of nitrogens with zero attached hydrogens (tertiary/aromatic N) is 14. The van der Waals surface area contributed by atoms with Crippen LogP contribution in [0.2, 0.25) is 20.6 Å². The highest BCUT2D eigenvalue weighted by Crippen LogP contribution is 2.44. The van der Waals surface area contributed by atoms with Gasteiger partial charge in [0.25, 0.3) is 17.7 Å². The fraction of sp³-hybridized carbons (Fsp3) is 0.444. The maximum atomic E-state index is 12.4. The minimum Gasteiger partial charge on any atom is -0.493 e. The van der Waals surface area contributed by atoms with Crippen LogP contribution in [0.15, 0.2) is 90.0 Å². The third-order valence-corrected chi connectivity index (χ3v) is 17.1. The Morgan fingerprint density at radius 3 is 1.71 bits per heavy atom. The Hall–Kier alpha value is -8.38. The van der Waals surface area contributed by atoms with Crippen molar-refractivity contribution >= 4 is 110 Å². The molecule has 2 amide bonds. The molecule has 5 N–H and O–H groups in total. The first-order valence-electron chi connectivity index (χ1n) is 31.4. The number of aromatic nitrogens is 14. The van der Waals surface area contributed by atoms with Crippen LogP contribution in [-0.4, -0.2) is 140 Å². The molecule has 2 saturated heterocycles. The van der Waals surface area contributed by atoms with Gasteiger partial charge in [-0.15, -0.1) is 11.6 Å². The monoisotopic (exact) mass is 1440 g/mol. The summed E-state index contributed by atoms with van der Waals surface area (Å²) >= 11 is 28.9. The Labute approximate surface area is 576 Å². The molecular formula is C63H68Cl5F4N17O8. The minimum absolute atomic E-state index is 0.0804. The number of nitrogens with two attached hydrogens (primary N) is 1. The van der Waals surface area contributed by atoms with Crippen LogP contribution in [0.1, 0.15) is 161 Å². The van der Waals surface area contributed by atoms with E-state index in [1.165, 1.54) is 53.6 Å². The second-order valence-electron chi connectivity index (χ2n) is 23.9. The second kappa shape index (κ2) is 32.3. The first-order valence-corrected chi connectivity index (χ1v) is 33.4. The number of amides is 2. The van der Waals surface area contributed by atoms with Crippen LogP contribution in [0.25, 0.3) is 22.6 Å². The lowest BCUT2D eigenvalue weighted by Crippen LogP contribution is -2.25. The third kappa shape index (κ3) is 20.4. The van der Waals surface area contributed by atoms with Crippen molar-refractivity contribution in [3.63, 3.8) is 0 Å². The Kier molecular flexibility index (Phi) is 23.8. The summed E-state index contributed by atoms with van der Waals surface area (Å²) in [6.07, 6.45) is 13.7. The smallest absolute Gasteiger partial charge is 0.317 e. The molecule has 0 aromatic carbocycles. The van der Waals surface area contributed by atoms with Crippen molar-refractivity contribution in [3.8, 4) is 5.88 Å². The number of hydrogen-bond donors (Lipinski definition) is 4. The van der Waals surface area contributed by atoms with Crippen LogP contribution in [0.5, 0.6) is 5.88 Å². The zero-order valence-electron chi connectivity index (χ0n) is 52.4. The highest BCUT2D eigenvalue weighted by molar-refractivity contribution is 6.33. The number of aromatic amines is 2. The van der Waals surface area contributed by atoms with Gasteiger partial charge in [-0.2, -0.15) is 47.6 Å². The van der Waals surface area contributed by atoms with Crippen LogP contribution in [0, 0.1) is 11.8 Å². The average Bonchev–Trinajstić information content (AvgIpc) is 1.63. The molecule has 34 heteroatoms. The Balaban J connectivity index is 0.000000126. The number of likely N-dealkylation sites (tertiary alicyclic amines) is 2. The number of fused-ring (bicyclic) bond motifs is 4. The fourth-order valence-electron chi connectivity index (χ4n) is 10.5. The number of halogens is 9. The highest BCUT2D eigenvalue weighted by Gasteiger charge is 2.36. The number of alkyl halides is 1. The van der Waals surface area contributed by atoms with Gasteiger partial charge in [-0.25, -0.2) is 28.5 Å². The lowest BCUT2D eigenvalue weighted by molar-refractivity contribution is -0.154. The van der Waals surface area contributed by atoms with Crippen molar-refractivity contribution in [1.29, 1.82) is 0 Å². The molecule has 2 unspecified atom stereocenters. The molecule has 7 fully saturated rings. The number of ether oxygens (including phenoxy) is 2. The Morgan fingerprint density at radius 2 is 1.16 bits per heavy atom. The van der Waals surface area contributed by atoms with E-state index in [2.05, 4.69) is 60.0 Å². The number of carbonyl (C=O) groups is 4. The average molecular weight is 1440 g/mol. The number of esters is 2. The number of nitrogen functional groups attached to an aromatic ring is 1. The first kappa shape index (κ1) is 71.4. The van der Waals surface area contributed by atoms with Crippen molar-refractivity contribution < 1.29 is 51.3 Å². The normalized spacial score (nSPS) is 17.7. The minimum atomic E-state index is -1.74. The second-order valence-corrected chi connectivity index (χ2v) is 25.6. The molecule has 11 heterocycles. The van der Waals surface area contributed by atoms with E-state index in [1.54, 1.807) is 56.7 Å². The molecule has 516 valence electrons. The summed E-state index contributed by atoms with van der Waals surface area (Å²) in [5, 5.41) is 35.5. The van der Waals surface area contributed by atoms with Crippen LogP contribution in [0.3, 0.4) is 0 Å². The van der Waals surface area contributed by atoms with Gasteiger partial charge in [0.1, 0.15) is 38.5 Å². The van der Waals surface area contributed by atoms with Gasteiger partial charge in [-0.1, -0.05) is 46.4 Å². The van der Waals surface area contributed by atoms with Gasteiger partial charge in [-0.05, 0) is 102 Å². The Bertz CT molecular complexity index is 4400. The molecule has 9 aromatic heterocycles. The summed E-state index contributed by atoms with van der Waals surface area (Å²) in [7, 11) is 0. The van der Waals surface area contributed by atoms with Gasteiger partial charge >= 0.3 is 11.9 Å². The van der Waals surface area contributed by atoms with Gasteiger partial charge in [-0.3, -0.25) is 29.1 Å². The number of rotatable bonds is 14. The van der Waals surface area contributed by atoms with Crippen molar-refractivity contribution in [2.45, 2.75) is 133 Å². The summed E-state index contributed by atoms with van der Waals surface area (Å²) in [4.78, 5) is 73.6. The zero-order chi connectivity index (χ0) is 69.2. The van der Waals surface area contributed by atoms with E-state index in [0.29, 0.717) is 74.5 Å². The summed E-state index contributed by atoms with van der Waals surface area (Å²) in [6, 6.07) is 13.9. The summed E-state index contributed by atoms with van der Waals surface area (Å²) in [6.45, 7) is 4.88. The van der Waals surface area contributed by atoms with Crippen molar-refractivity contribution in [2.75, 3.05) is 38.0 Å². The number of aromatic hydroxyl groups is 1. The van der Waals surface area contributed by atoms with Crippen LogP contribution < -0.4 is 11.3 Å². The van der Waals surface area contributed by atoms with Gasteiger partial charge in [0.15, 0.2) is 16.9 Å². The molecule has 7 aliphatic rings. The highest BCUT2D eigenvalue weighted by atomic mass is 35.5. The molecule has 0 bridgehead atoms. The van der Waals surface area contributed by atoms with Crippen molar-refractivity contribution in [1.82, 2.24) is 78.4 Å². The maximum absolute atomic E-state index is 12.4. The molecule has 16 rings (SSSR count). The summed E-state index contributed by atoms with van der Waals surface area (Å²) in [5.41, 5.74) is 14.0. The molecular weight excluding hydrogens is 1380 g/mol. The molecule has 2 atom stereocenters. The summed E-state index contributed by atoms with van der Waals surface area (Å²) in [5.74, 6) is 1.22. The van der Waals surface area contributed by atoms with Gasteiger partial charge in [0.2, 0.25) is 17.7 Å². The van der Waals surface area contributed by atoms with Gasteiger partial charge < -0.3 is 35.1 Å². The zero-order valence-corrected chi connectivity index (χ0v) is 56.2. The van der Waals surface area contributed by atoms with E-state index in [-0.39, 0.29) is 74.2 Å². The van der Waals surface area contributed by atoms with E-state index in [0.717, 1.165) is 89.5 Å². The van der Waals surface area contributed by atoms with Crippen molar-refractivity contribution in [2.24, 2.45) is 11.8 Å². The molecule has 97 heavy (non-hydrogen) atoms. The number of hydrogen-bond acceptors (Lipinski definition) is 17. The SMILES string of the molecule is CCOC(=O)CC(=O)OCC.Clc1cc(Cl)n2nc(C3CC3)cc2n1.Clc1ccn2nc(C3CC3)cc2n1.Nc1cc(C2CC2)[nH]n1.O=C1CC(C=C(F)F)CN1CCl.O=C1CC(C=C(F)F)CN1Cc1c(C2CC2)nn2ccc(Cl)nc12.O=c1cc(O)n2nc(C3CC3)cc2[nH]1. The predicted octanol–water partition coefficient (Wildman–Crippen LogP) is 12.4. The lowest BCUT2D eigenvalue weighted by atomic mass is 10.1. The van der Waals surface area contributed by atoms with Crippen LogP contribution in [-0.2, 0) is 35.2 Å². The topological polar surface area (TPSA) is 309 Å². The van der Waals surface area contributed by atoms with Crippen molar-refractivity contribution in [3.05, 3.63) is 150 Å². The molecule has 9 aromatic rings. The van der Waals surface area contributed by atoms with E-state index < -0.39 is 30.0 Å². The quantitative estimate of drug-likeness (QED) is 0.0196. The van der Waals surface area contributed by atoms with Gasteiger partial charge in [0, 0.05) is 121 Å². The largest absolute Gasteiger partial charge is 0.493 e. The van der Waals surface area contributed by atoms with Crippen LogP contribution in [0.4, 0.5) is 23.4 Å². The fourth-order valence-corrected chi connectivity index (χ4v) is 11.5. The van der Waals surface area contributed by atoms with Gasteiger partial charge in [0.05, 0.1) is 54.6 Å². The Morgan fingerprint density at radius 1 is 0.639 bits per heavy atom. The predicted molar refractivity (Wildman–Crippen MR) is 352 cm³/mol. The van der Waals surface area contributed by atoms with E-state index in [1.807, 2.05) is 30.5 Å². The van der Waals surface area contributed by atoms with E-state index >= 15 is 0 Å². The molecule has 2 aliphatic heterocycles. The number of anilines is 1. The first-order chi connectivity index (χ1) is 46.5. The number of nitrogens with one attached hydrogen (secondary N) is 2. The number of H-pyrrole nitrogens is 2. The summed E-state index contributed by atoms with van der Waals surface area (Å²) < 4.78 is 63.8. The molecule has 25 nitrogen and oxygen atoms in total. The molecule has 0 spiro atoms. The molecule has 5 aliphatic carbocycles. The molecule has 0 radical (unpaired) electrons. The third-order valence-electron chi connectivity index (χ3n) is 15.9. The maximum Gasteiger partial charge on any atom is 0.317 e.